The molecule has 1 aliphatic heterocycles. The molecule has 4 heteroatoms. The zero-order valence-corrected chi connectivity index (χ0v) is 13.7. The number of likely N-dealkylation sites (tertiary alicyclic amines) is 1. The minimum atomic E-state index is 0.140. The highest BCUT2D eigenvalue weighted by Crippen LogP contribution is 2.24. The van der Waals surface area contributed by atoms with Gasteiger partial charge in [-0.1, -0.05) is 36.4 Å². The van der Waals surface area contributed by atoms with Crippen LogP contribution in [0.4, 0.5) is 0 Å². The van der Waals surface area contributed by atoms with Gasteiger partial charge in [-0.25, -0.2) is 0 Å². The average Bonchev–Trinajstić information content (AvgIpc) is 3.19. The molecule has 0 radical (unpaired) electrons. The van der Waals surface area contributed by atoms with Gasteiger partial charge in [0, 0.05) is 30.1 Å². The number of hydrogen-bond acceptors (Lipinski definition) is 3. The molecule has 0 unspecified atom stereocenters. The van der Waals surface area contributed by atoms with Gasteiger partial charge in [0.05, 0.1) is 6.42 Å². The first kappa shape index (κ1) is 15.3. The number of benzene rings is 1. The molecule has 1 aromatic carbocycles. The van der Waals surface area contributed by atoms with Gasteiger partial charge in [-0.2, -0.15) is 0 Å². The maximum atomic E-state index is 12.1. The SMILES string of the molecule is C[C@@H](c1ccccc1)N1CC[C@H](NC(=O)Cc2cccs2)C1. The molecule has 0 saturated carbocycles. The van der Waals surface area contributed by atoms with Crippen LogP contribution in [0.2, 0.25) is 0 Å². The molecule has 0 spiro atoms. The van der Waals surface area contributed by atoms with Crippen molar-refractivity contribution in [1.29, 1.82) is 0 Å². The minimum absolute atomic E-state index is 0.140. The van der Waals surface area contributed by atoms with Crippen LogP contribution in [0.3, 0.4) is 0 Å². The van der Waals surface area contributed by atoms with Crippen LogP contribution < -0.4 is 5.32 Å². The third-order valence-corrected chi connectivity index (χ3v) is 5.21. The van der Waals surface area contributed by atoms with Crippen LogP contribution in [-0.2, 0) is 11.2 Å². The van der Waals surface area contributed by atoms with Crippen LogP contribution in [-0.4, -0.2) is 29.9 Å². The van der Waals surface area contributed by atoms with Crippen molar-refractivity contribution in [1.82, 2.24) is 10.2 Å². The molecular formula is C18H22N2OS. The molecule has 0 bridgehead atoms. The summed E-state index contributed by atoms with van der Waals surface area (Å²) in [6.07, 6.45) is 1.54. The Kier molecular flexibility index (Phi) is 4.90. The zero-order chi connectivity index (χ0) is 15.4. The summed E-state index contributed by atoms with van der Waals surface area (Å²) in [6.45, 7) is 4.22. The highest BCUT2D eigenvalue weighted by molar-refractivity contribution is 7.10. The molecule has 3 rings (SSSR count). The van der Waals surface area contributed by atoms with Gasteiger partial charge in [-0.05, 0) is 30.4 Å². The van der Waals surface area contributed by atoms with E-state index in [1.54, 1.807) is 11.3 Å². The van der Waals surface area contributed by atoms with Gasteiger partial charge in [0.2, 0.25) is 5.91 Å². The van der Waals surface area contributed by atoms with Crippen LogP contribution in [0, 0.1) is 0 Å². The van der Waals surface area contributed by atoms with Gasteiger partial charge < -0.3 is 5.32 Å². The summed E-state index contributed by atoms with van der Waals surface area (Å²) in [7, 11) is 0. The van der Waals surface area contributed by atoms with Crippen molar-refractivity contribution in [3.05, 3.63) is 58.3 Å². The lowest BCUT2D eigenvalue weighted by Crippen LogP contribution is -2.38. The lowest BCUT2D eigenvalue weighted by Gasteiger charge is -2.24. The zero-order valence-electron chi connectivity index (χ0n) is 12.9. The second-order valence-corrected chi connectivity index (χ2v) is 6.92. The molecule has 1 aliphatic rings. The molecule has 1 amide bonds. The Hall–Kier alpha value is -1.65. The Morgan fingerprint density at radius 1 is 1.32 bits per heavy atom. The van der Waals surface area contributed by atoms with E-state index in [1.807, 2.05) is 23.6 Å². The fourth-order valence-corrected chi connectivity index (χ4v) is 3.75. The normalized spacial score (nSPS) is 20.0. The fraction of sp³-hybridized carbons (Fsp3) is 0.389. The molecule has 3 nitrogen and oxygen atoms in total. The lowest BCUT2D eigenvalue weighted by molar-refractivity contribution is -0.121. The second kappa shape index (κ2) is 7.07. The van der Waals surface area contributed by atoms with Gasteiger partial charge in [-0.3, -0.25) is 9.69 Å². The van der Waals surface area contributed by atoms with E-state index in [4.69, 9.17) is 0 Å². The summed E-state index contributed by atoms with van der Waals surface area (Å²) in [5.74, 6) is 0.140. The van der Waals surface area contributed by atoms with Gasteiger partial charge in [0.15, 0.2) is 0 Å². The number of thiophene rings is 1. The number of nitrogens with one attached hydrogen (secondary N) is 1. The maximum absolute atomic E-state index is 12.1. The highest BCUT2D eigenvalue weighted by Gasteiger charge is 2.27. The minimum Gasteiger partial charge on any atom is -0.352 e. The van der Waals surface area contributed by atoms with Crippen molar-refractivity contribution in [2.45, 2.75) is 31.8 Å². The van der Waals surface area contributed by atoms with Crippen LogP contribution in [0.5, 0.6) is 0 Å². The third-order valence-electron chi connectivity index (χ3n) is 4.33. The molecule has 2 atom stereocenters. The predicted molar refractivity (Wildman–Crippen MR) is 91.0 cm³/mol. The summed E-state index contributed by atoms with van der Waals surface area (Å²) in [4.78, 5) is 15.7. The van der Waals surface area contributed by atoms with E-state index >= 15 is 0 Å². The number of carbonyl (C=O) groups is 1. The number of nitrogens with zero attached hydrogens (tertiary/aromatic N) is 1. The molecule has 1 saturated heterocycles. The van der Waals surface area contributed by atoms with Crippen molar-refractivity contribution >= 4 is 17.2 Å². The van der Waals surface area contributed by atoms with Gasteiger partial charge in [0.1, 0.15) is 0 Å². The summed E-state index contributed by atoms with van der Waals surface area (Å²) in [6, 6.07) is 15.3. The Bertz CT molecular complexity index is 597. The van der Waals surface area contributed by atoms with E-state index in [0.717, 1.165) is 24.4 Å². The van der Waals surface area contributed by atoms with Crippen LogP contribution in [0.25, 0.3) is 0 Å². The number of hydrogen-bond donors (Lipinski definition) is 1. The summed E-state index contributed by atoms with van der Waals surface area (Å²) in [5.41, 5.74) is 1.34. The van der Waals surface area contributed by atoms with E-state index < -0.39 is 0 Å². The van der Waals surface area contributed by atoms with E-state index in [2.05, 4.69) is 41.4 Å². The first-order valence-electron chi connectivity index (χ1n) is 7.83. The molecule has 1 fully saturated rings. The van der Waals surface area contributed by atoms with Crippen molar-refractivity contribution in [2.75, 3.05) is 13.1 Å². The third kappa shape index (κ3) is 3.76. The number of amides is 1. The number of carbonyl (C=O) groups excluding carboxylic acids is 1. The summed E-state index contributed by atoms with van der Waals surface area (Å²) in [5, 5.41) is 5.19. The molecule has 2 heterocycles. The van der Waals surface area contributed by atoms with Gasteiger partial charge in [-0.15, -0.1) is 11.3 Å². The van der Waals surface area contributed by atoms with Crippen molar-refractivity contribution < 1.29 is 4.79 Å². The van der Waals surface area contributed by atoms with Crippen LogP contribution in [0.1, 0.15) is 29.8 Å². The quantitative estimate of drug-likeness (QED) is 0.919. The average molecular weight is 314 g/mol. The van der Waals surface area contributed by atoms with E-state index in [0.29, 0.717) is 12.5 Å². The first-order chi connectivity index (χ1) is 10.7. The molecule has 2 aromatic rings. The van der Waals surface area contributed by atoms with Crippen molar-refractivity contribution in [3.63, 3.8) is 0 Å². The Labute approximate surface area is 136 Å². The lowest BCUT2D eigenvalue weighted by atomic mass is 10.1. The standard InChI is InChI=1S/C18H22N2OS/c1-14(15-6-3-2-4-7-15)20-10-9-16(13-20)19-18(21)12-17-8-5-11-22-17/h2-8,11,14,16H,9-10,12-13H2,1H3,(H,19,21)/t14-,16-/m0/s1. The monoisotopic (exact) mass is 314 g/mol. The Morgan fingerprint density at radius 3 is 2.86 bits per heavy atom. The number of rotatable bonds is 5. The fourth-order valence-electron chi connectivity index (χ4n) is 3.05. The van der Waals surface area contributed by atoms with E-state index in [1.165, 1.54) is 5.56 Å². The van der Waals surface area contributed by atoms with Gasteiger partial charge in [0.25, 0.3) is 0 Å². The Morgan fingerprint density at radius 2 is 2.14 bits per heavy atom. The largest absolute Gasteiger partial charge is 0.352 e. The van der Waals surface area contributed by atoms with Crippen molar-refractivity contribution in [2.24, 2.45) is 0 Å². The van der Waals surface area contributed by atoms with Crippen LogP contribution >= 0.6 is 11.3 Å². The Balaban J connectivity index is 1.51. The molecule has 116 valence electrons. The molecule has 1 aromatic heterocycles. The van der Waals surface area contributed by atoms with E-state index in [9.17, 15) is 4.79 Å². The molecule has 22 heavy (non-hydrogen) atoms. The second-order valence-electron chi connectivity index (χ2n) is 5.89. The van der Waals surface area contributed by atoms with Gasteiger partial charge >= 0.3 is 0 Å². The topological polar surface area (TPSA) is 32.3 Å². The summed E-state index contributed by atoms with van der Waals surface area (Å²) >= 11 is 1.64. The maximum Gasteiger partial charge on any atom is 0.225 e. The molecule has 1 N–H and O–H groups in total. The van der Waals surface area contributed by atoms with E-state index in [-0.39, 0.29) is 11.9 Å². The highest BCUT2D eigenvalue weighted by atomic mass is 32.1. The van der Waals surface area contributed by atoms with Crippen molar-refractivity contribution in [3.8, 4) is 0 Å². The van der Waals surface area contributed by atoms with Crippen LogP contribution in [0.15, 0.2) is 47.8 Å². The smallest absolute Gasteiger partial charge is 0.225 e. The molecular weight excluding hydrogens is 292 g/mol. The summed E-state index contributed by atoms with van der Waals surface area (Å²) < 4.78 is 0. The first-order valence-corrected chi connectivity index (χ1v) is 8.71. The predicted octanol–water partition coefficient (Wildman–Crippen LogP) is 3.24. The molecule has 0 aliphatic carbocycles.